The van der Waals surface area contributed by atoms with Gasteiger partial charge in [0.15, 0.2) is 0 Å². The largest absolute Gasteiger partial charge is 0.494 e. The second kappa shape index (κ2) is 6.62. The van der Waals surface area contributed by atoms with Crippen molar-refractivity contribution in [3.8, 4) is 5.75 Å². The van der Waals surface area contributed by atoms with Crippen LogP contribution in [0.5, 0.6) is 5.75 Å². The van der Waals surface area contributed by atoms with Crippen LogP contribution in [0.25, 0.3) is 0 Å². The number of hydrogen-bond donors (Lipinski definition) is 1. The monoisotopic (exact) mass is 317 g/mol. The van der Waals surface area contributed by atoms with E-state index < -0.39 is 21.1 Å². The minimum atomic E-state index is -3.62. The number of ether oxygens (including phenoxy) is 2. The highest BCUT2D eigenvalue weighted by molar-refractivity contribution is 7.93. The second-order valence-corrected chi connectivity index (χ2v) is 6.99. The van der Waals surface area contributed by atoms with Gasteiger partial charge in [0.05, 0.1) is 18.9 Å². The van der Waals surface area contributed by atoms with Crippen LogP contribution in [0.3, 0.4) is 0 Å². The molecule has 2 rings (SSSR count). The molecule has 1 aliphatic carbocycles. The number of rotatable bonds is 5. The Labute approximate surface area is 124 Å². The molecular weight excluding hydrogens is 297 g/mol. The van der Waals surface area contributed by atoms with Crippen molar-refractivity contribution in [2.45, 2.75) is 37.0 Å². The van der Waals surface area contributed by atoms with Gasteiger partial charge in [-0.05, 0) is 25.0 Å². The maximum atomic E-state index is 13.2. The van der Waals surface area contributed by atoms with E-state index in [1.165, 1.54) is 26.4 Å². The van der Waals surface area contributed by atoms with Crippen molar-refractivity contribution in [1.29, 1.82) is 0 Å². The van der Waals surface area contributed by atoms with Gasteiger partial charge in [-0.1, -0.05) is 12.8 Å². The lowest BCUT2D eigenvalue weighted by Gasteiger charge is -2.30. The summed E-state index contributed by atoms with van der Waals surface area (Å²) in [6.45, 7) is 0. The minimum absolute atomic E-state index is 0.156. The summed E-state index contributed by atoms with van der Waals surface area (Å²) in [4.78, 5) is 0. The van der Waals surface area contributed by atoms with Crippen molar-refractivity contribution in [3.63, 3.8) is 0 Å². The molecule has 21 heavy (non-hydrogen) atoms. The van der Waals surface area contributed by atoms with Gasteiger partial charge < -0.3 is 9.47 Å². The van der Waals surface area contributed by atoms with E-state index in [-0.39, 0.29) is 17.5 Å². The Morgan fingerprint density at radius 1 is 1.24 bits per heavy atom. The van der Waals surface area contributed by atoms with Gasteiger partial charge in [0.1, 0.15) is 16.8 Å². The number of hydrogen-bond acceptors (Lipinski definition) is 4. The first-order valence-corrected chi connectivity index (χ1v) is 8.40. The smallest absolute Gasteiger partial charge is 0.238 e. The molecule has 5 nitrogen and oxygen atoms in total. The van der Waals surface area contributed by atoms with Crippen LogP contribution in [0.15, 0.2) is 18.2 Å². The SMILES string of the molecule is COc1cc(F)ccc1NS(=O)(=O)C1CCCCC1OC. The first-order valence-electron chi connectivity index (χ1n) is 6.86. The zero-order valence-electron chi connectivity index (χ0n) is 12.1. The lowest BCUT2D eigenvalue weighted by Crippen LogP contribution is -2.41. The highest BCUT2D eigenvalue weighted by atomic mass is 32.2. The van der Waals surface area contributed by atoms with Crippen LogP contribution >= 0.6 is 0 Å². The van der Waals surface area contributed by atoms with Crippen molar-refractivity contribution in [1.82, 2.24) is 0 Å². The molecule has 2 unspecified atom stereocenters. The molecule has 0 amide bonds. The number of nitrogens with one attached hydrogen (secondary N) is 1. The summed E-state index contributed by atoms with van der Waals surface area (Å²) in [6, 6.07) is 3.69. The highest BCUT2D eigenvalue weighted by Gasteiger charge is 2.36. The van der Waals surface area contributed by atoms with Crippen molar-refractivity contribution < 1.29 is 22.3 Å². The molecule has 118 valence electrons. The Morgan fingerprint density at radius 2 is 1.95 bits per heavy atom. The molecule has 1 aromatic carbocycles. The number of sulfonamides is 1. The first-order chi connectivity index (χ1) is 9.97. The second-order valence-electron chi connectivity index (χ2n) is 5.09. The molecule has 1 N–H and O–H groups in total. The van der Waals surface area contributed by atoms with E-state index in [0.29, 0.717) is 6.42 Å². The lowest BCUT2D eigenvalue weighted by molar-refractivity contribution is 0.0739. The predicted octanol–water partition coefficient (Wildman–Crippen LogP) is 2.53. The lowest BCUT2D eigenvalue weighted by atomic mass is 9.97. The average Bonchev–Trinajstić information content (AvgIpc) is 2.48. The Hall–Kier alpha value is -1.34. The quantitative estimate of drug-likeness (QED) is 0.906. The van der Waals surface area contributed by atoms with Gasteiger partial charge >= 0.3 is 0 Å². The zero-order valence-corrected chi connectivity index (χ0v) is 13.0. The predicted molar refractivity (Wildman–Crippen MR) is 78.5 cm³/mol. The fourth-order valence-corrected chi connectivity index (χ4v) is 4.42. The number of methoxy groups -OCH3 is 2. The number of halogens is 1. The van der Waals surface area contributed by atoms with Crippen LogP contribution in [-0.4, -0.2) is 34.0 Å². The molecule has 1 aromatic rings. The molecule has 0 heterocycles. The van der Waals surface area contributed by atoms with Crippen LogP contribution in [-0.2, 0) is 14.8 Å². The topological polar surface area (TPSA) is 64.6 Å². The molecule has 0 radical (unpaired) electrons. The summed E-state index contributed by atoms with van der Waals surface area (Å²) >= 11 is 0. The van der Waals surface area contributed by atoms with Gasteiger partial charge in [-0.15, -0.1) is 0 Å². The third-order valence-electron chi connectivity index (χ3n) is 3.76. The van der Waals surface area contributed by atoms with Crippen molar-refractivity contribution >= 4 is 15.7 Å². The fraction of sp³-hybridized carbons (Fsp3) is 0.571. The summed E-state index contributed by atoms with van der Waals surface area (Å²) in [6.07, 6.45) is 2.78. The molecule has 1 aliphatic rings. The van der Waals surface area contributed by atoms with Crippen molar-refractivity contribution in [2.24, 2.45) is 0 Å². The van der Waals surface area contributed by atoms with Crippen molar-refractivity contribution in [3.05, 3.63) is 24.0 Å². The molecule has 0 spiro atoms. The normalized spacial score (nSPS) is 22.8. The molecule has 1 fully saturated rings. The molecular formula is C14H20FNO4S. The number of benzene rings is 1. The summed E-state index contributed by atoms with van der Waals surface area (Å²) in [7, 11) is -0.730. The maximum Gasteiger partial charge on any atom is 0.238 e. The molecule has 0 saturated heterocycles. The van der Waals surface area contributed by atoms with E-state index >= 15 is 0 Å². The Balaban J connectivity index is 2.24. The van der Waals surface area contributed by atoms with Crippen molar-refractivity contribution in [2.75, 3.05) is 18.9 Å². The van der Waals surface area contributed by atoms with Crippen LogP contribution in [0.4, 0.5) is 10.1 Å². The number of anilines is 1. The average molecular weight is 317 g/mol. The Morgan fingerprint density at radius 3 is 2.62 bits per heavy atom. The van der Waals surface area contributed by atoms with E-state index in [9.17, 15) is 12.8 Å². The van der Waals surface area contributed by atoms with E-state index in [0.717, 1.165) is 25.3 Å². The van der Waals surface area contributed by atoms with Gasteiger partial charge in [-0.2, -0.15) is 0 Å². The molecule has 7 heteroatoms. The third kappa shape index (κ3) is 3.65. The molecule has 1 saturated carbocycles. The summed E-state index contributed by atoms with van der Waals surface area (Å²) in [5.74, 6) is -0.328. The fourth-order valence-electron chi connectivity index (χ4n) is 2.67. The van der Waals surface area contributed by atoms with E-state index in [2.05, 4.69) is 4.72 Å². The maximum absolute atomic E-state index is 13.2. The standard InChI is InChI=1S/C14H20FNO4S/c1-19-12-5-3-4-6-14(12)21(17,18)16-11-8-7-10(15)9-13(11)20-2/h7-9,12,14,16H,3-6H2,1-2H3. The summed E-state index contributed by atoms with van der Waals surface area (Å²) in [5.41, 5.74) is 0.235. The summed E-state index contributed by atoms with van der Waals surface area (Å²) in [5, 5.41) is -0.606. The van der Waals surface area contributed by atoms with Gasteiger partial charge in [0, 0.05) is 13.2 Å². The molecule has 2 atom stereocenters. The first kappa shape index (κ1) is 16.0. The zero-order chi connectivity index (χ0) is 15.5. The van der Waals surface area contributed by atoms with Gasteiger partial charge in [-0.3, -0.25) is 4.72 Å². The van der Waals surface area contributed by atoms with Gasteiger partial charge in [0.2, 0.25) is 10.0 Å². The van der Waals surface area contributed by atoms with E-state index in [1.54, 1.807) is 0 Å². The molecule has 0 aromatic heterocycles. The van der Waals surface area contributed by atoms with Gasteiger partial charge in [0.25, 0.3) is 0 Å². The summed E-state index contributed by atoms with van der Waals surface area (Å²) < 4.78 is 51.0. The van der Waals surface area contributed by atoms with E-state index in [1.807, 2.05) is 0 Å². The molecule has 0 aliphatic heterocycles. The minimum Gasteiger partial charge on any atom is -0.494 e. The van der Waals surface area contributed by atoms with Crippen LogP contribution < -0.4 is 9.46 Å². The van der Waals surface area contributed by atoms with Gasteiger partial charge in [-0.25, -0.2) is 12.8 Å². The van der Waals surface area contributed by atoms with E-state index in [4.69, 9.17) is 9.47 Å². The Kier molecular flexibility index (Phi) is 5.05. The highest BCUT2D eigenvalue weighted by Crippen LogP contribution is 2.31. The van der Waals surface area contributed by atoms with Crippen LogP contribution in [0.2, 0.25) is 0 Å². The van der Waals surface area contributed by atoms with Crippen LogP contribution in [0.1, 0.15) is 25.7 Å². The van der Waals surface area contributed by atoms with Crippen LogP contribution in [0, 0.1) is 5.82 Å². The molecule has 0 bridgehead atoms. The Bertz CT molecular complexity index is 591. The third-order valence-corrected chi connectivity index (χ3v) is 5.60.